The summed E-state index contributed by atoms with van der Waals surface area (Å²) in [6.07, 6.45) is 0. The first-order valence-electron chi connectivity index (χ1n) is 10.0. The molecule has 4 rings (SSSR count). The molecule has 1 heterocycles. The van der Waals surface area contributed by atoms with E-state index in [-0.39, 0.29) is 28.7 Å². The van der Waals surface area contributed by atoms with Crippen molar-refractivity contribution in [1.29, 1.82) is 0 Å². The number of rotatable bonds is 6. The van der Waals surface area contributed by atoms with Crippen LogP contribution in [0, 0.1) is 10.1 Å². The number of hydrogen-bond acceptors (Lipinski definition) is 7. The lowest BCUT2D eigenvalue weighted by Crippen LogP contribution is -2.34. The first kappa shape index (κ1) is 23.1. The maximum Gasteiger partial charge on any atom is 0.311 e. The number of nitrogens with zero attached hydrogens (tertiary/aromatic N) is 2. The van der Waals surface area contributed by atoms with Crippen molar-refractivity contribution < 1.29 is 18.9 Å². The van der Waals surface area contributed by atoms with Crippen molar-refractivity contribution in [2.45, 2.75) is 6.92 Å². The third-order valence-electron chi connectivity index (χ3n) is 4.69. The van der Waals surface area contributed by atoms with Crippen LogP contribution >= 0.6 is 23.8 Å². The number of thiocarbonyl (C=S) groups is 1. The molecule has 2 N–H and O–H groups in total. The van der Waals surface area contributed by atoms with Crippen LogP contribution in [0.3, 0.4) is 0 Å². The molecule has 11 heteroatoms. The van der Waals surface area contributed by atoms with Crippen LogP contribution in [0.2, 0.25) is 5.02 Å². The van der Waals surface area contributed by atoms with Gasteiger partial charge < -0.3 is 14.5 Å². The highest BCUT2D eigenvalue weighted by molar-refractivity contribution is 7.80. The van der Waals surface area contributed by atoms with Gasteiger partial charge in [0.1, 0.15) is 5.52 Å². The molecule has 0 radical (unpaired) electrons. The first-order valence-corrected chi connectivity index (χ1v) is 10.8. The molecule has 0 aliphatic rings. The molecular formula is C23H17ClN4O5S. The number of ether oxygens (including phenoxy) is 1. The predicted octanol–water partition coefficient (Wildman–Crippen LogP) is 5.58. The number of halogens is 1. The normalized spacial score (nSPS) is 10.6. The van der Waals surface area contributed by atoms with Gasteiger partial charge in [0.2, 0.25) is 5.89 Å². The van der Waals surface area contributed by atoms with Gasteiger partial charge in [0.15, 0.2) is 16.4 Å². The molecule has 0 aliphatic heterocycles. The van der Waals surface area contributed by atoms with Crippen molar-refractivity contribution >= 4 is 57.3 Å². The molecule has 0 aliphatic carbocycles. The Balaban J connectivity index is 1.48. The highest BCUT2D eigenvalue weighted by Gasteiger charge is 2.19. The standard InChI is InChI=1S/C23H17ClN4O5S/c1-2-32-20-9-7-13(11-18(20)28(30)31)21(29)27-23(34)25-14-8-10-19-17(12-14)26-22(33-19)15-5-3-4-6-16(15)24/h3-12H,2H2,1H3,(H2,25,27,29,34). The number of benzene rings is 3. The van der Waals surface area contributed by atoms with E-state index in [4.69, 9.17) is 33.0 Å². The number of fused-ring (bicyclic) bond motifs is 1. The van der Waals surface area contributed by atoms with E-state index in [1.54, 1.807) is 31.2 Å². The van der Waals surface area contributed by atoms with Gasteiger partial charge in [-0.25, -0.2) is 4.98 Å². The molecule has 0 unspecified atom stereocenters. The number of amides is 1. The van der Waals surface area contributed by atoms with E-state index in [0.717, 1.165) is 6.07 Å². The van der Waals surface area contributed by atoms with E-state index in [1.165, 1.54) is 12.1 Å². The third-order valence-corrected chi connectivity index (χ3v) is 5.23. The van der Waals surface area contributed by atoms with Crippen LogP contribution in [0.4, 0.5) is 11.4 Å². The maximum absolute atomic E-state index is 12.6. The Hall–Kier alpha value is -4.02. The fraction of sp³-hybridized carbons (Fsp3) is 0.0870. The quantitative estimate of drug-likeness (QED) is 0.201. The van der Waals surface area contributed by atoms with Gasteiger partial charge in [-0.1, -0.05) is 23.7 Å². The van der Waals surface area contributed by atoms with E-state index < -0.39 is 10.8 Å². The molecule has 0 fully saturated rings. The summed E-state index contributed by atoms with van der Waals surface area (Å²) in [5.41, 5.74) is 2.11. The van der Waals surface area contributed by atoms with E-state index in [2.05, 4.69) is 15.6 Å². The van der Waals surface area contributed by atoms with Gasteiger partial charge in [-0.2, -0.15) is 0 Å². The molecule has 1 aromatic heterocycles. The van der Waals surface area contributed by atoms with E-state index in [1.807, 2.05) is 18.2 Å². The number of nitro benzene ring substituents is 1. The van der Waals surface area contributed by atoms with Crippen molar-refractivity contribution in [3.63, 3.8) is 0 Å². The van der Waals surface area contributed by atoms with Gasteiger partial charge in [-0.05, 0) is 61.6 Å². The Morgan fingerprint density at radius 1 is 1.21 bits per heavy atom. The van der Waals surface area contributed by atoms with Crippen LogP contribution in [-0.2, 0) is 0 Å². The maximum atomic E-state index is 12.6. The molecule has 0 spiro atoms. The lowest BCUT2D eigenvalue weighted by Gasteiger charge is -2.10. The number of oxazole rings is 1. The molecule has 0 saturated carbocycles. The highest BCUT2D eigenvalue weighted by Crippen LogP contribution is 2.31. The van der Waals surface area contributed by atoms with Crippen LogP contribution in [0.15, 0.2) is 65.1 Å². The Labute approximate surface area is 203 Å². The lowest BCUT2D eigenvalue weighted by atomic mass is 10.1. The highest BCUT2D eigenvalue weighted by atomic mass is 35.5. The molecule has 1 amide bonds. The minimum Gasteiger partial charge on any atom is -0.487 e. The number of carbonyl (C=O) groups excluding carboxylic acids is 1. The van der Waals surface area contributed by atoms with Crippen molar-refractivity contribution in [2.75, 3.05) is 11.9 Å². The molecule has 0 atom stereocenters. The second-order valence-corrected chi connectivity index (χ2v) is 7.78. The molecule has 0 saturated heterocycles. The van der Waals surface area contributed by atoms with Gasteiger partial charge in [0.05, 0.1) is 22.1 Å². The topological polar surface area (TPSA) is 120 Å². The lowest BCUT2D eigenvalue weighted by molar-refractivity contribution is -0.385. The summed E-state index contributed by atoms with van der Waals surface area (Å²) in [4.78, 5) is 27.7. The summed E-state index contributed by atoms with van der Waals surface area (Å²) < 4.78 is 11.0. The van der Waals surface area contributed by atoms with Crippen LogP contribution < -0.4 is 15.4 Å². The van der Waals surface area contributed by atoms with Gasteiger partial charge >= 0.3 is 5.69 Å². The second kappa shape index (κ2) is 9.86. The second-order valence-electron chi connectivity index (χ2n) is 6.96. The largest absolute Gasteiger partial charge is 0.487 e. The van der Waals surface area contributed by atoms with E-state index >= 15 is 0 Å². The fourth-order valence-corrected chi connectivity index (χ4v) is 3.60. The van der Waals surface area contributed by atoms with E-state index in [9.17, 15) is 14.9 Å². The first-order chi connectivity index (χ1) is 16.4. The molecule has 9 nitrogen and oxygen atoms in total. The number of carbonyl (C=O) groups is 1. The summed E-state index contributed by atoms with van der Waals surface area (Å²) in [5, 5.41) is 17.2. The minimum absolute atomic E-state index is 0.00992. The monoisotopic (exact) mass is 496 g/mol. The average molecular weight is 497 g/mol. The Kier molecular flexibility index (Phi) is 6.71. The Bertz CT molecular complexity index is 1420. The summed E-state index contributed by atoms with van der Waals surface area (Å²) in [6, 6.07) is 16.3. The molecule has 3 aromatic carbocycles. The number of anilines is 1. The van der Waals surface area contributed by atoms with Gasteiger partial charge in [0.25, 0.3) is 5.91 Å². The van der Waals surface area contributed by atoms with E-state index in [0.29, 0.717) is 33.3 Å². The molecule has 34 heavy (non-hydrogen) atoms. The molecule has 4 aromatic rings. The number of nitrogens with one attached hydrogen (secondary N) is 2. The zero-order chi connectivity index (χ0) is 24.2. The van der Waals surface area contributed by atoms with Crippen LogP contribution in [0.1, 0.15) is 17.3 Å². The number of hydrogen-bond donors (Lipinski definition) is 2. The Morgan fingerprint density at radius 3 is 2.74 bits per heavy atom. The molecule has 0 bridgehead atoms. The Morgan fingerprint density at radius 2 is 2.00 bits per heavy atom. The number of aromatic nitrogens is 1. The molecular weight excluding hydrogens is 480 g/mol. The molecule has 172 valence electrons. The summed E-state index contributed by atoms with van der Waals surface area (Å²) >= 11 is 11.4. The van der Waals surface area contributed by atoms with Crippen molar-refractivity contribution in [1.82, 2.24) is 10.3 Å². The van der Waals surface area contributed by atoms with Gasteiger partial charge in [-0.15, -0.1) is 0 Å². The third kappa shape index (κ3) is 4.98. The number of nitro groups is 1. The van der Waals surface area contributed by atoms with Crippen LogP contribution in [0.25, 0.3) is 22.6 Å². The van der Waals surface area contributed by atoms with Crippen molar-refractivity contribution in [3.05, 3.63) is 81.4 Å². The van der Waals surface area contributed by atoms with Crippen LogP contribution in [0.5, 0.6) is 5.75 Å². The predicted molar refractivity (Wildman–Crippen MR) is 132 cm³/mol. The van der Waals surface area contributed by atoms with Gasteiger partial charge in [-0.3, -0.25) is 20.2 Å². The van der Waals surface area contributed by atoms with Crippen molar-refractivity contribution in [3.8, 4) is 17.2 Å². The van der Waals surface area contributed by atoms with Gasteiger partial charge in [0, 0.05) is 17.3 Å². The fourth-order valence-electron chi connectivity index (χ4n) is 3.17. The SMILES string of the molecule is CCOc1ccc(C(=O)NC(=S)Nc2ccc3oc(-c4ccccc4Cl)nc3c2)cc1[N+](=O)[O-]. The van der Waals surface area contributed by atoms with Crippen LogP contribution in [-0.4, -0.2) is 27.5 Å². The zero-order valence-electron chi connectivity index (χ0n) is 17.7. The summed E-state index contributed by atoms with van der Waals surface area (Å²) in [5.74, 6) is -0.139. The average Bonchev–Trinajstić information content (AvgIpc) is 3.22. The summed E-state index contributed by atoms with van der Waals surface area (Å²) in [7, 11) is 0. The van der Waals surface area contributed by atoms with Crippen molar-refractivity contribution in [2.24, 2.45) is 0 Å². The minimum atomic E-state index is -0.609. The smallest absolute Gasteiger partial charge is 0.311 e. The zero-order valence-corrected chi connectivity index (χ0v) is 19.3. The summed E-state index contributed by atoms with van der Waals surface area (Å²) in [6.45, 7) is 1.97.